The summed E-state index contributed by atoms with van der Waals surface area (Å²) in [6.45, 7) is 2.79. The zero-order valence-corrected chi connectivity index (χ0v) is 20.5. The zero-order valence-electron chi connectivity index (χ0n) is 20.5. The van der Waals surface area contributed by atoms with Crippen LogP contribution in [-0.4, -0.2) is 77.6 Å². The summed E-state index contributed by atoms with van der Waals surface area (Å²) in [6, 6.07) is 7.24. The monoisotopic (exact) mass is 495 g/mol. The molecule has 0 radical (unpaired) electrons. The van der Waals surface area contributed by atoms with Gasteiger partial charge in [0.25, 0.3) is 11.7 Å². The number of pyridine rings is 1. The number of aromatic nitrogens is 1. The van der Waals surface area contributed by atoms with Crippen molar-refractivity contribution in [1.82, 2.24) is 14.8 Å². The van der Waals surface area contributed by atoms with E-state index in [-0.39, 0.29) is 29.5 Å². The van der Waals surface area contributed by atoms with E-state index in [1.54, 1.807) is 54.5 Å². The Labute approximate surface area is 209 Å². The third-order valence-electron chi connectivity index (χ3n) is 6.53. The van der Waals surface area contributed by atoms with Crippen LogP contribution >= 0.6 is 0 Å². The number of nitrogens with zero attached hydrogens (tertiary/aromatic N) is 3. The van der Waals surface area contributed by atoms with Gasteiger partial charge in [-0.2, -0.15) is 0 Å². The molecule has 2 aliphatic rings. The van der Waals surface area contributed by atoms with E-state index < -0.39 is 23.8 Å². The quantitative estimate of drug-likeness (QED) is 0.369. The Bertz CT molecular complexity index is 1150. The first-order valence-corrected chi connectivity index (χ1v) is 11.8. The molecule has 0 spiro atoms. The summed E-state index contributed by atoms with van der Waals surface area (Å²) in [5.41, 5.74) is 0.704. The number of ketones is 1. The Kier molecular flexibility index (Phi) is 7.42. The van der Waals surface area contributed by atoms with E-state index >= 15 is 0 Å². The van der Waals surface area contributed by atoms with Crippen LogP contribution in [0.15, 0.2) is 48.3 Å². The molecule has 0 saturated carbocycles. The number of Topliss-reactive ketones (excluding diaryl/α,β-unsaturated/α-hetero) is 1. The molecule has 1 unspecified atom stereocenters. The smallest absolute Gasteiger partial charge is 0.409 e. The number of carbonyl (C=O) groups is 3. The van der Waals surface area contributed by atoms with E-state index in [1.165, 1.54) is 19.1 Å². The Morgan fingerprint density at radius 1 is 1.08 bits per heavy atom. The number of piperidine rings is 1. The molecule has 10 nitrogen and oxygen atoms in total. The maximum Gasteiger partial charge on any atom is 0.409 e. The predicted molar refractivity (Wildman–Crippen MR) is 130 cm³/mol. The normalized spacial score (nSPS) is 19.9. The average molecular weight is 496 g/mol. The van der Waals surface area contributed by atoms with Crippen molar-refractivity contribution in [3.05, 3.63) is 59.4 Å². The summed E-state index contributed by atoms with van der Waals surface area (Å²) in [6.07, 6.45) is 3.69. The van der Waals surface area contributed by atoms with Crippen LogP contribution in [0, 0.1) is 0 Å². The highest BCUT2D eigenvalue weighted by Gasteiger charge is 2.50. The third kappa shape index (κ3) is 4.46. The van der Waals surface area contributed by atoms with Gasteiger partial charge in [0.1, 0.15) is 22.8 Å². The highest BCUT2D eigenvalue weighted by atomic mass is 16.6. The number of rotatable bonds is 6. The molecule has 2 aliphatic heterocycles. The minimum absolute atomic E-state index is 0.0661. The molecule has 2 fully saturated rings. The van der Waals surface area contributed by atoms with Gasteiger partial charge in [-0.3, -0.25) is 14.6 Å². The molecule has 36 heavy (non-hydrogen) atoms. The van der Waals surface area contributed by atoms with Gasteiger partial charge in [-0.05, 0) is 43.5 Å². The van der Waals surface area contributed by atoms with Crippen LogP contribution < -0.4 is 9.47 Å². The van der Waals surface area contributed by atoms with Crippen molar-refractivity contribution in [3.8, 4) is 11.5 Å². The summed E-state index contributed by atoms with van der Waals surface area (Å²) >= 11 is 0. The number of amides is 2. The first-order valence-electron chi connectivity index (χ1n) is 11.8. The molecule has 0 aliphatic carbocycles. The van der Waals surface area contributed by atoms with Gasteiger partial charge in [0.15, 0.2) is 0 Å². The number of methoxy groups -OCH3 is 2. The fourth-order valence-corrected chi connectivity index (χ4v) is 4.85. The van der Waals surface area contributed by atoms with Crippen LogP contribution in [0.3, 0.4) is 0 Å². The Balaban J connectivity index is 1.79. The Morgan fingerprint density at radius 3 is 2.31 bits per heavy atom. The van der Waals surface area contributed by atoms with Gasteiger partial charge in [-0.1, -0.05) is 12.1 Å². The molecule has 0 bridgehead atoms. The minimum Gasteiger partial charge on any atom is -0.506 e. The molecule has 1 aromatic carbocycles. The topological polar surface area (TPSA) is 119 Å². The van der Waals surface area contributed by atoms with Crippen LogP contribution in [0.5, 0.6) is 11.5 Å². The second kappa shape index (κ2) is 10.7. The van der Waals surface area contributed by atoms with Crippen LogP contribution in [0.1, 0.15) is 36.9 Å². The summed E-state index contributed by atoms with van der Waals surface area (Å²) in [4.78, 5) is 46.2. The SMILES string of the molecule is CCOC(=O)N1CCC(N2C(=O)C(=O)/C(=C(/O)c3c(OC)cccc3OC)C2c2cccnc2)CC1. The lowest BCUT2D eigenvalue weighted by Crippen LogP contribution is -2.48. The van der Waals surface area contributed by atoms with Gasteiger partial charge in [0.05, 0.1) is 32.4 Å². The van der Waals surface area contributed by atoms with Crippen molar-refractivity contribution < 1.29 is 33.7 Å². The summed E-state index contributed by atoms with van der Waals surface area (Å²) in [7, 11) is 2.89. The maximum absolute atomic E-state index is 13.4. The lowest BCUT2D eigenvalue weighted by atomic mass is 9.94. The first-order chi connectivity index (χ1) is 17.4. The van der Waals surface area contributed by atoms with Gasteiger partial charge >= 0.3 is 6.09 Å². The highest BCUT2D eigenvalue weighted by Crippen LogP contribution is 2.45. The fraction of sp³-hybridized carbons (Fsp3) is 0.385. The van der Waals surface area contributed by atoms with Gasteiger partial charge in [0, 0.05) is 31.5 Å². The van der Waals surface area contributed by atoms with E-state index in [0.717, 1.165) is 0 Å². The molecule has 1 N–H and O–H groups in total. The van der Waals surface area contributed by atoms with Crippen molar-refractivity contribution in [2.75, 3.05) is 33.9 Å². The third-order valence-corrected chi connectivity index (χ3v) is 6.53. The molecule has 190 valence electrons. The van der Waals surface area contributed by atoms with Crippen molar-refractivity contribution >= 4 is 23.5 Å². The lowest BCUT2D eigenvalue weighted by molar-refractivity contribution is -0.142. The van der Waals surface area contributed by atoms with Crippen molar-refractivity contribution in [1.29, 1.82) is 0 Å². The molecule has 4 rings (SSSR count). The zero-order chi connectivity index (χ0) is 25.8. The Hall–Kier alpha value is -4.08. The molecule has 10 heteroatoms. The van der Waals surface area contributed by atoms with E-state index in [2.05, 4.69) is 4.98 Å². The summed E-state index contributed by atoms with van der Waals surface area (Å²) < 4.78 is 15.9. The molecule has 3 heterocycles. The van der Waals surface area contributed by atoms with Crippen molar-refractivity contribution in [3.63, 3.8) is 0 Å². The second-order valence-electron chi connectivity index (χ2n) is 8.45. The number of hydrogen-bond donors (Lipinski definition) is 1. The number of likely N-dealkylation sites (tertiary alicyclic amines) is 2. The van der Waals surface area contributed by atoms with E-state index in [4.69, 9.17) is 14.2 Å². The average Bonchev–Trinajstić information content (AvgIpc) is 3.18. The number of hydrogen-bond acceptors (Lipinski definition) is 8. The summed E-state index contributed by atoms with van der Waals surface area (Å²) in [5.74, 6) is -1.31. The number of benzene rings is 1. The Morgan fingerprint density at radius 2 is 1.75 bits per heavy atom. The standard InChI is InChI=1S/C26H29N3O7/c1-4-36-26(33)28-13-10-17(11-14-28)29-22(16-7-6-12-27-15-16)21(24(31)25(29)32)23(30)20-18(34-2)8-5-9-19(20)35-3/h5-9,12,15,17,22,30H,4,10-11,13-14H2,1-3H3/b23-21+. The predicted octanol–water partition coefficient (Wildman–Crippen LogP) is 3.14. The number of aliphatic hydroxyl groups excluding tert-OH is 1. The van der Waals surface area contributed by atoms with Gasteiger partial charge in [0.2, 0.25) is 0 Å². The lowest BCUT2D eigenvalue weighted by Gasteiger charge is -2.38. The van der Waals surface area contributed by atoms with Crippen LogP contribution in [-0.2, 0) is 14.3 Å². The second-order valence-corrected chi connectivity index (χ2v) is 8.45. The maximum atomic E-state index is 13.4. The van der Waals surface area contributed by atoms with Crippen molar-refractivity contribution in [2.24, 2.45) is 0 Å². The highest BCUT2D eigenvalue weighted by molar-refractivity contribution is 6.46. The van der Waals surface area contributed by atoms with Gasteiger partial charge in [-0.15, -0.1) is 0 Å². The van der Waals surface area contributed by atoms with E-state index in [9.17, 15) is 19.5 Å². The molecular formula is C26H29N3O7. The van der Waals surface area contributed by atoms with Crippen LogP contribution in [0.25, 0.3) is 5.76 Å². The molecule has 2 amide bonds. The first kappa shape index (κ1) is 25.0. The molecule has 2 aromatic rings. The number of aliphatic hydroxyl groups is 1. The van der Waals surface area contributed by atoms with Crippen molar-refractivity contribution in [2.45, 2.75) is 31.8 Å². The largest absolute Gasteiger partial charge is 0.506 e. The van der Waals surface area contributed by atoms with Gasteiger partial charge in [-0.25, -0.2) is 4.79 Å². The molecule has 2 saturated heterocycles. The number of carbonyl (C=O) groups excluding carboxylic acids is 3. The molecular weight excluding hydrogens is 466 g/mol. The molecule has 1 aromatic heterocycles. The van der Waals surface area contributed by atoms with E-state index in [0.29, 0.717) is 43.0 Å². The van der Waals surface area contributed by atoms with Crippen LogP contribution in [0.4, 0.5) is 4.79 Å². The molecule has 1 atom stereocenters. The van der Waals surface area contributed by atoms with Crippen LogP contribution in [0.2, 0.25) is 0 Å². The number of ether oxygens (including phenoxy) is 3. The fourth-order valence-electron chi connectivity index (χ4n) is 4.85. The summed E-state index contributed by atoms with van der Waals surface area (Å²) in [5, 5.41) is 11.5. The van der Waals surface area contributed by atoms with E-state index in [1.807, 2.05) is 0 Å². The minimum atomic E-state index is -0.868. The van der Waals surface area contributed by atoms with Gasteiger partial charge < -0.3 is 29.1 Å².